The molecule has 1 rings (SSSR count). The van der Waals surface area contributed by atoms with Gasteiger partial charge in [-0.3, -0.25) is 0 Å². The molecule has 0 aliphatic carbocycles. The van der Waals surface area contributed by atoms with E-state index in [2.05, 4.69) is 19.4 Å². The molecule has 0 bridgehead atoms. The quantitative estimate of drug-likeness (QED) is 0.858. The fourth-order valence-corrected chi connectivity index (χ4v) is 0.903. The minimum absolute atomic E-state index is 0.458. The van der Waals surface area contributed by atoms with Gasteiger partial charge in [-0.25, -0.2) is 0 Å². The number of alkyl halides is 6. The highest BCUT2D eigenvalue weighted by molar-refractivity contribution is 5.03. The number of rotatable bonds is 4. The molecule has 0 aliphatic rings. The van der Waals surface area contributed by atoms with E-state index < -0.39 is 42.8 Å². The second-order valence-corrected chi connectivity index (χ2v) is 3.82. The molecule has 0 spiro atoms. The highest BCUT2D eigenvalue weighted by Gasteiger charge is 2.53. The lowest BCUT2D eigenvalue weighted by molar-refractivity contribution is -0.190. The fourth-order valence-electron chi connectivity index (χ4n) is 0.903. The van der Waals surface area contributed by atoms with E-state index in [1.54, 1.807) is 0 Å². The number of ether oxygens (including phenoxy) is 1. The average Bonchev–Trinajstić information content (AvgIpc) is 2.62. The van der Waals surface area contributed by atoms with Gasteiger partial charge in [0.1, 0.15) is 13.2 Å². The van der Waals surface area contributed by atoms with Crippen molar-refractivity contribution in [2.45, 2.75) is 31.4 Å². The summed E-state index contributed by atoms with van der Waals surface area (Å²) in [4.78, 5) is 3.25. The first-order chi connectivity index (χ1) is 8.43. The van der Waals surface area contributed by atoms with Crippen molar-refractivity contribution in [1.82, 2.24) is 10.1 Å². The summed E-state index contributed by atoms with van der Waals surface area (Å²) < 4.78 is 81.2. The Bertz CT molecular complexity index is 425. The van der Waals surface area contributed by atoms with Gasteiger partial charge in [0, 0.05) is 0 Å². The number of nitrogens with two attached hydrogens (primary N) is 1. The van der Waals surface area contributed by atoms with E-state index in [0.29, 0.717) is 6.92 Å². The van der Waals surface area contributed by atoms with Crippen molar-refractivity contribution < 1.29 is 35.6 Å². The monoisotopic (exact) mass is 293 g/mol. The molecular weight excluding hydrogens is 284 g/mol. The topological polar surface area (TPSA) is 74.2 Å². The van der Waals surface area contributed by atoms with Crippen molar-refractivity contribution >= 4 is 0 Å². The summed E-state index contributed by atoms with van der Waals surface area (Å²) in [6, 6.07) is 0. The van der Waals surface area contributed by atoms with Crippen LogP contribution in [0.4, 0.5) is 26.3 Å². The number of halogens is 6. The summed E-state index contributed by atoms with van der Waals surface area (Å²) in [5, 5.41) is 3.06. The van der Waals surface area contributed by atoms with Gasteiger partial charge in [-0.1, -0.05) is 5.16 Å². The van der Waals surface area contributed by atoms with Crippen LogP contribution in [0.25, 0.3) is 0 Å². The predicted octanol–water partition coefficient (Wildman–Crippen LogP) is 1.88. The summed E-state index contributed by atoms with van der Waals surface area (Å²) in [7, 11) is 0. The SMILES string of the molecule is CC(N)(c1nc(COCC(F)(F)F)no1)C(F)(F)F. The van der Waals surface area contributed by atoms with Crippen LogP contribution < -0.4 is 5.73 Å². The van der Waals surface area contributed by atoms with Gasteiger partial charge in [0.15, 0.2) is 11.4 Å². The number of aromatic nitrogens is 2. The zero-order valence-corrected chi connectivity index (χ0v) is 9.47. The first-order valence-corrected chi connectivity index (χ1v) is 4.76. The summed E-state index contributed by atoms with van der Waals surface area (Å²) in [5.41, 5.74) is 2.10. The van der Waals surface area contributed by atoms with Gasteiger partial charge in [0.05, 0.1) is 0 Å². The maximum atomic E-state index is 12.5. The number of nitrogens with zero attached hydrogens (tertiary/aromatic N) is 2. The van der Waals surface area contributed by atoms with Crippen LogP contribution in [-0.4, -0.2) is 29.1 Å². The molecule has 2 N–H and O–H groups in total. The molecule has 11 heteroatoms. The van der Waals surface area contributed by atoms with E-state index in [4.69, 9.17) is 5.73 Å². The molecule has 1 atom stereocenters. The van der Waals surface area contributed by atoms with E-state index in [1.807, 2.05) is 0 Å². The Labute approximate surface area is 102 Å². The van der Waals surface area contributed by atoms with Gasteiger partial charge in [-0.15, -0.1) is 0 Å². The Morgan fingerprint density at radius 3 is 2.26 bits per heavy atom. The number of hydrogen-bond donors (Lipinski definition) is 1. The summed E-state index contributed by atoms with van der Waals surface area (Å²) >= 11 is 0. The van der Waals surface area contributed by atoms with E-state index in [1.165, 1.54) is 0 Å². The van der Waals surface area contributed by atoms with Gasteiger partial charge >= 0.3 is 12.4 Å². The highest BCUT2D eigenvalue weighted by Crippen LogP contribution is 2.35. The maximum Gasteiger partial charge on any atom is 0.415 e. The Kier molecular flexibility index (Phi) is 4.10. The third kappa shape index (κ3) is 4.06. The molecule has 1 heterocycles. The molecule has 0 radical (unpaired) electrons. The summed E-state index contributed by atoms with van der Waals surface area (Å²) in [5.74, 6) is -1.41. The molecular formula is C8H9F6N3O2. The molecule has 19 heavy (non-hydrogen) atoms. The molecule has 0 amide bonds. The zero-order valence-electron chi connectivity index (χ0n) is 9.47. The minimum Gasteiger partial charge on any atom is -0.364 e. The highest BCUT2D eigenvalue weighted by atomic mass is 19.4. The largest absolute Gasteiger partial charge is 0.415 e. The van der Waals surface area contributed by atoms with Crippen molar-refractivity contribution in [3.05, 3.63) is 11.7 Å². The Morgan fingerprint density at radius 1 is 1.21 bits per heavy atom. The van der Waals surface area contributed by atoms with Crippen LogP contribution in [-0.2, 0) is 16.9 Å². The standard InChI is InChI=1S/C8H9F6N3O2/c1-6(15,8(12,13)14)5-16-4(17-19-5)2-18-3-7(9,10)11/h2-3,15H2,1H3. The second-order valence-electron chi connectivity index (χ2n) is 3.82. The van der Waals surface area contributed by atoms with Crippen molar-refractivity contribution in [2.24, 2.45) is 5.73 Å². The van der Waals surface area contributed by atoms with Gasteiger partial charge in [-0.05, 0) is 6.92 Å². The Hall–Kier alpha value is -1.36. The van der Waals surface area contributed by atoms with E-state index in [9.17, 15) is 26.3 Å². The predicted molar refractivity (Wildman–Crippen MR) is 47.6 cm³/mol. The van der Waals surface area contributed by atoms with Crippen LogP contribution in [0.5, 0.6) is 0 Å². The number of hydrogen-bond acceptors (Lipinski definition) is 5. The summed E-state index contributed by atoms with van der Waals surface area (Å²) in [6.07, 6.45) is -9.40. The zero-order chi connectivity index (χ0) is 14.9. The first kappa shape index (κ1) is 15.7. The average molecular weight is 293 g/mol. The first-order valence-electron chi connectivity index (χ1n) is 4.76. The lowest BCUT2D eigenvalue weighted by Crippen LogP contribution is -2.48. The smallest absolute Gasteiger partial charge is 0.364 e. The maximum absolute atomic E-state index is 12.5. The van der Waals surface area contributed by atoms with Crippen LogP contribution in [0.1, 0.15) is 18.6 Å². The Balaban J connectivity index is 2.68. The molecule has 0 aromatic carbocycles. The van der Waals surface area contributed by atoms with E-state index in [-0.39, 0.29) is 0 Å². The van der Waals surface area contributed by atoms with Crippen LogP contribution in [0, 0.1) is 0 Å². The van der Waals surface area contributed by atoms with Crippen molar-refractivity contribution in [3.63, 3.8) is 0 Å². The van der Waals surface area contributed by atoms with Gasteiger partial charge in [0.2, 0.25) is 0 Å². The molecule has 110 valence electrons. The summed E-state index contributed by atoms with van der Waals surface area (Å²) in [6.45, 7) is -1.71. The molecule has 1 aromatic heterocycles. The molecule has 0 saturated carbocycles. The van der Waals surface area contributed by atoms with Crippen LogP contribution >= 0.6 is 0 Å². The molecule has 1 unspecified atom stereocenters. The second kappa shape index (κ2) is 4.96. The molecule has 0 fully saturated rings. The van der Waals surface area contributed by atoms with Gasteiger partial charge in [-0.2, -0.15) is 31.3 Å². The van der Waals surface area contributed by atoms with Gasteiger partial charge in [0.25, 0.3) is 5.89 Å². The molecule has 5 nitrogen and oxygen atoms in total. The van der Waals surface area contributed by atoms with Crippen LogP contribution in [0.15, 0.2) is 4.52 Å². The van der Waals surface area contributed by atoms with Crippen LogP contribution in [0.3, 0.4) is 0 Å². The molecule has 1 aromatic rings. The van der Waals surface area contributed by atoms with E-state index in [0.717, 1.165) is 0 Å². The lowest BCUT2D eigenvalue weighted by atomic mass is 10.0. The van der Waals surface area contributed by atoms with Crippen molar-refractivity contribution in [2.75, 3.05) is 6.61 Å². The van der Waals surface area contributed by atoms with Gasteiger partial charge < -0.3 is 15.0 Å². The lowest BCUT2D eigenvalue weighted by Gasteiger charge is -2.22. The third-order valence-electron chi connectivity index (χ3n) is 2.00. The third-order valence-corrected chi connectivity index (χ3v) is 2.00. The van der Waals surface area contributed by atoms with E-state index >= 15 is 0 Å². The van der Waals surface area contributed by atoms with Crippen molar-refractivity contribution in [3.8, 4) is 0 Å². The fraction of sp³-hybridized carbons (Fsp3) is 0.750. The normalized spacial score (nSPS) is 16.4. The molecule has 0 aliphatic heterocycles. The van der Waals surface area contributed by atoms with Crippen LogP contribution in [0.2, 0.25) is 0 Å². The Morgan fingerprint density at radius 2 is 1.79 bits per heavy atom. The van der Waals surface area contributed by atoms with Crippen molar-refractivity contribution in [1.29, 1.82) is 0 Å². The molecule has 0 saturated heterocycles. The minimum atomic E-state index is -4.84.